The number of hydrogen-bond donors (Lipinski definition) is 6. The van der Waals surface area contributed by atoms with Gasteiger partial charge in [-0.05, 0) is 68.1 Å². The van der Waals surface area contributed by atoms with E-state index in [0.29, 0.717) is 29.0 Å². The number of terminal acetylenes is 1. The van der Waals surface area contributed by atoms with E-state index < -0.39 is 48.2 Å². The van der Waals surface area contributed by atoms with E-state index in [1.807, 2.05) is 11.0 Å². The molecule has 0 radical (unpaired) electrons. The molecule has 0 aliphatic rings. The third kappa shape index (κ3) is 9.92. The van der Waals surface area contributed by atoms with Crippen LogP contribution in [0, 0.1) is 19.3 Å². The minimum atomic E-state index is -1.44. The summed E-state index contributed by atoms with van der Waals surface area (Å²) in [5.41, 5.74) is 1.94. The number of fused-ring (bicyclic) bond motifs is 1. The molecule has 0 aliphatic carbocycles. The summed E-state index contributed by atoms with van der Waals surface area (Å²) in [5, 5.41) is 32.6. The first-order chi connectivity index (χ1) is 21.4. The van der Waals surface area contributed by atoms with Crippen molar-refractivity contribution in [3.8, 4) is 12.3 Å². The average molecular weight is 620 g/mol. The zero-order valence-electron chi connectivity index (χ0n) is 24.4. The van der Waals surface area contributed by atoms with Crippen LogP contribution in [0.15, 0.2) is 47.3 Å². The first-order valence-electron chi connectivity index (χ1n) is 13.9. The number of aromatic nitrogens is 2. The summed E-state index contributed by atoms with van der Waals surface area (Å²) in [6, 6.07) is 8.84. The molecule has 14 heteroatoms. The average Bonchev–Trinajstić information content (AvgIpc) is 2.98. The molecule has 2 aromatic carbocycles. The van der Waals surface area contributed by atoms with Crippen LogP contribution in [0.25, 0.3) is 10.9 Å². The maximum Gasteiger partial charge on any atom is 0.326 e. The van der Waals surface area contributed by atoms with E-state index in [0.717, 1.165) is 5.56 Å². The fourth-order valence-corrected chi connectivity index (χ4v) is 4.55. The number of aromatic amines is 1. The van der Waals surface area contributed by atoms with Crippen LogP contribution in [-0.4, -0.2) is 73.6 Å². The lowest BCUT2D eigenvalue weighted by Gasteiger charge is -2.23. The first kappa shape index (κ1) is 33.8. The van der Waals surface area contributed by atoms with Crippen molar-refractivity contribution in [2.45, 2.75) is 57.7 Å². The van der Waals surface area contributed by atoms with E-state index in [-0.39, 0.29) is 43.4 Å². The summed E-state index contributed by atoms with van der Waals surface area (Å²) in [6.45, 7) is 2.27. The maximum absolute atomic E-state index is 12.8. The first-order valence-corrected chi connectivity index (χ1v) is 13.9. The van der Waals surface area contributed by atoms with Gasteiger partial charge in [-0.15, -0.1) is 6.42 Å². The van der Waals surface area contributed by atoms with Crippen LogP contribution in [0.5, 0.6) is 0 Å². The van der Waals surface area contributed by atoms with E-state index in [9.17, 15) is 39.0 Å². The number of nitrogens with one attached hydrogen (secondary N) is 3. The molecule has 0 aliphatic heterocycles. The van der Waals surface area contributed by atoms with E-state index in [1.165, 1.54) is 12.1 Å². The highest BCUT2D eigenvalue weighted by Crippen LogP contribution is 2.20. The minimum Gasteiger partial charge on any atom is -0.481 e. The van der Waals surface area contributed by atoms with Gasteiger partial charge in [-0.25, -0.2) is 14.6 Å². The zero-order chi connectivity index (χ0) is 33.1. The Kier molecular flexibility index (Phi) is 11.8. The number of carbonyl (C=O) groups excluding carboxylic acids is 2. The van der Waals surface area contributed by atoms with Crippen LogP contribution in [0.2, 0.25) is 0 Å². The van der Waals surface area contributed by atoms with Gasteiger partial charge in [0.05, 0.1) is 17.4 Å². The molecular weight excluding hydrogens is 586 g/mol. The second-order valence-electron chi connectivity index (χ2n) is 10.3. The van der Waals surface area contributed by atoms with Crippen LogP contribution >= 0.6 is 0 Å². The Bertz CT molecular complexity index is 1680. The number of carboxylic acids is 3. The predicted octanol–water partition coefficient (Wildman–Crippen LogP) is 1.66. The molecule has 0 saturated heterocycles. The molecule has 236 valence electrons. The largest absolute Gasteiger partial charge is 0.481 e. The second kappa shape index (κ2) is 15.7. The SMILES string of the molecule is C#CCN(Cc1ccc2nc(C)[nH]c(=O)c2c1)c1ccc(C(=O)N[C@@H](CCC(=O)N[C@@H](CCCC(=O)O)C(=O)O)C(=O)O)cc1. The molecule has 1 heterocycles. The molecule has 0 bridgehead atoms. The summed E-state index contributed by atoms with van der Waals surface area (Å²) < 4.78 is 0. The molecular formula is C31H33N5O9. The van der Waals surface area contributed by atoms with Crippen molar-refractivity contribution in [2.75, 3.05) is 11.4 Å². The molecule has 45 heavy (non-hydrogen) atoms. The van der Waals surface area contributed by atoms with Crippen molar-refractivity contribution >= 4 is 46.3 Å². The number of carboxylic acid groups (broad SMARTS) is 3. The van der Waals surface area contributed by atoms with E-state index in [2.05, 4.69) is 26.5 Å². The zero-order valence-corrected chi connectivity index (χ0v) is 24.4. The third-order valence-electron chi connectivity index (χ3n) is 6.82. The van der Waals surface area contributed by atoms with Crippen LogP contribution in [0.1, 0.15) is 53.8 Å². The predicted molar refractivity (Wildman–Crippen MR) is 163 cm³/mol. The van der Waals surface area contributed by atoms with Gasteiger partial charge >= 0.3 is 17.9 Å². The van der Waals surface area contributed by atoms with Crippen molar-refractivity contribution in [1.82, 2.24) is 20.6 Å². The third-order valence-corrected chi connectivity index (χ3v) is 6.82. The monoisotopic (exact) mass is 619 g/mol. The normalized spacial score (nSPS) is 12.0. The van der Waals surface area contributed by atoms with Gasteiger partial charge in [0.1, 0.15) is 17.9 Å². The lowest BCUT2D eigenvalue weighted by Crippen LogP contribution is -2.44. The molecule has 3 aromatic rings. The molecule has 0 saturated carbocycles. The molecule has 0 unspecified atom stereocenters. The van der Waals surface area contributed by atoms with Gasteiger partial charge in [-0.1, -0.05) is 12.0 Å². The molecule has 2 atom stereocenters. The van der Waals surface area contributed by atoms with Crippen molar-refractivity contribution in [3.63, 3.8) is 0 Å². The molecule has 2 amide bonds. The molecule has 6 N–H and O–H groups in total. The van der Waals surface area contributed by atoms with Crippen LogP contribution in [-0.2, 0) is 25.7 Å². The number of H-pyrrole nitrogens is 1. The van der Waals surface area contributed by atoms with Gasteiger partial charge in [-0.3, -0.25) is 19.2 Å². The quantitative estimate of drug-likeness (QED) is 0.127. The van der Waals surface area contributed by atoms with Gasteiger partial charge < -0.3 is 35.8 Å². The lowest BCUT2D eigenvalue weighted by atomic mass is 10.1. The Morgan fingerprint density at radius 2 is 1.62 bits per heavy atom. The fraction of sp³-hybridized carbons (Fsp3) is 0.323. The number of anilines is 1. The molecule has 3 rings (SSSR count). The van der Waals surface area contributed by atoms with Gasteiger partial charge in [0, 0.05) is 30.6 Å². The highest BCUT2D eigenvalue weighted by Gasteiger charge is 2.24. The maximum atomic E-state index is 12.8. The van der Waals surface area contributed by atoms with Gasteiger partial charge in [0.25, 0.3) is 11.5 Å². The number of aryl methyl sites for hydroxylation is 1. The van der Waals surface area contributed by atoms with Gasteiger partial charge in [-0.2, -0.15) is 0 Å². The molecule has 0 fully saturated rings. The molecule has 14 nitrogen and oxygen atoms in total. The Morgan fingerprint density at radius 1 is 0.956 bits per heavy atom. The fourth-order valence-electron chi connectivity index (χ4n) is 4.55. The van der Waals surface area contributed by atoms with Crippen LogP contribution in [0.4, 0.5) is 5.69 Å². The molecule has 1 aromatic heterocycles. The number of rotatable bonds is 16. The van der Waals surface area contributed by atoms with E-state index >= 15 is 0 Å². The Labute approximate surface area is 257 Å². The topological polar surface area (TPSA) is 219 Å². The number of benzene rings is 2. The lowest BCUT2D eigenvalue weighted by molar-refractivity contribution is -0.143. The summed E-state index contributed by atoms with van der Waals surface area (Å²) in [5.74, 6) is -2.19. The Morgan fingerprint density at radius 3 is 2.24 bits per heavy atom. The number of aliphatic carboxylic acids is 3. The summed E-state index contributed by atoms with van der Waals surface area (Å²) in [4.78, 5) is 80.2. The standard InChI is InChI=1S/C31H33N5O9/c1-3-15-36(17-19-7-12-23-22(16-19)29(41)33-18(2)32-23)21-10-8-20(9-11-21)28(40)35-25(31(44)45)13-14-26(37)34-24(30(42)43)5-4-6-27(38)39/h1,7-12,16,24-25H,4-6,13-15,17H2,2H3,(H,34,37)(H,35,40)(H,38,39)(H,42,43)(H,44,45)(H,32,33,41)/t24-,25-/m0/s1. The van der Waals surface area contributed by atoms with E-state index in [1.54, 1.807) is 31.2 Å². The number of carbonyl (C=O) groups is 5. The molecule has 0 spiro atoms. The second-order valence-corrected chi connectivity index (χ2v) is 10.3. The van der Waals surface area contributed by atoms with Crippen LogP contribution in [0.3, 0.4) is 0 Å². The highest BCUT2D eigenvalue weighted by molar-refractivity contribution is 5.97. The number of nitrogens with zero attached hydrogens (tertiary/aromatic N) is 2. The summed E-state index contributed by atoms with van der Waals surface area (Å²) >= 11 is 0. The van der Waals surface area contributed by atoms with E-state index in [4.69, 9.17) is 11.5 Å². The highest BCUT2D eigenvalue weighted by atomic mass is 16.4. The Hall–Kier alpha value is -5.71. The Balaban J connectivity index is 1.62. The minimum absolute atomic E-state index is 0.0295. The van der Waals surface area contributed by atoms with Crippen molar-refractivity contribution in [2.24, 2.45) is 0 Å². The number of hydrogen-bond acceptors (Lipinski definition) is 8. The van der Waals surface area contributed by atoms with Crippen molar-refractivity contribution in [3.05, 3.63) is 69.8 Å². The summed E-state index contributed by atoms with van der Waals surface area (Å²) in [7, 11) is 0. The summed E-state index contributed by atoms with van der Waals surface area (Å²) in [6.07, 6.45) is 4.53. The van der Waals surface area contributed by atoms with Crippen molar-refractivity contribution in [1.29, 1.82) is 0 Å². The van der Waals surface area contributed by atoms with Crippen LogP contribution < -0.4 is 21.1 Å². The number of amides is 2. The van der Waals surface area contributed by atoms with Gasteiger partial charge in [0.15, 0.2) is 0 Å². The van der Waals surface area contributed by atoms with Crippen molar-refractivity contribution < 1.29 is 39.3 Å². The van der Waals surface area contributed by atoms with Gasteiger partial charge in [0.2, 0.25) is 5.91 Å². The smallest absolute Gasteiger partial charge is 0.326 e.